The van der Waals surface area contributed by atoms with Crippen LogP contribution < -0.4 is 5.32 Å². The predicted molar refractivity (Wildman–Crippen MR) is 149 cm³/mol. The van der Waals surface area contributed by atoms with Crippen molar-refractivity contribution >= 4 is 69.5 Å². The molecule has 2 aromatic carbocycles. The van der Waals surface area contributed by atoms with Gasteiger partial charge in [0.25, 0.3) is 0 Å². The van der Waals surface area contributed by atoms with Crippen LogP contribution in [0, 0.1) is 13.8 Å². The van der Waals surface area contributed by atoms with E-state index in [0.29, 0.717) is 32.5 Å². The lowest BCUT2D eigenvalue weighted by molar-refractivity contribution is -0.113. The van der Waals surface area contributed by atoms with Crippen molar-refractivity contribution in [3.8, 4) is 22.5 Å². The molecule has 0 aliphatic carbocycles. The number of amides is 1. The number of rotatable bonds is 8. The van der Waals surface area contributed by atoms with Gasteiger partial charge in [0, 0.05) is 27.9 Å². The third-order valence-electron chi connectivity index (χ3n) is 5.20. The second-order valence-corrected chi connectivity index (χ2v) is 11.0. The van der Waals surface area contributed by atoms with Crippen molar-refractivity contribution in [1.29, 1.82) is 0 Å². The van der Waals surface area contributed by atoms with E-state index >= 15 is 0 Å². The molecular formula is C25H21Cl3N4OS2. The first kappa shape index (κ1) is 25.8. The minimum atomic E-state index is -0.253. The first-order valence-electron chi connectivity index (χ1n) is 10.5. The number of allylic oxidation sites excluding steroid dienone is 1. The third-order valence-corrected chi connectivity index (χ3v) is 8.11. The highest BCUT2D eigenvalue weighted by Gasteiger charge is 2.21. The molecule has 4 rings (SSSR count). The lowest BCUT2D eigenvalue weighted by atomic mass is 10.0. The van der Waals surface area contributed by atoms with Crippen LogP contribution in [0.3, 0.4) is 0 Å². The van der Waals surface area contributed by atoms with Crippen LogP contribution in [-0.2, 0) is 11.3 Å². The van der Waals surface area contributed by atoms with Crippen molar-refractivity contribution in [3.63, 3.8) is 0 Å². The van der Waals surface area contributed by atoms with Gasteiger partial charge in [-0.25, -0.2) is 0 Å². The smallest absolute Gasteiger partial charge is 0.234 e. The summed E-state index contributed by atoms with van der Waals surface area (Å²) in [5, 5.41) is 15.3. The largest absolute Gasteiger partial charge is 0.324 e. The molecule has 0 bridgehead atoms. The van der Waals surface area contributed by atoms with Crippen molar-refractivity contribution in [2.24, 2.45) is 0 Å². The fraction of sp³-hybridized carbons (Fsp3) is 0.160. The summed E-state index contributed by atoms with van der Waals surface area (Å²) in [6.45, 7) is 8.56. The standard InChI is InChI=1S/C25H21Cl3N4OS2/c1-4-9-32-24(17-12-34-15(3)23(17)16-7-5-14(2)6-8-16)30-31-25(32)35-13-22(33)29-21-11-19(27)18(26)10-20(21)28/h4-8,10-12H,1,9,13H2,2-3H3,(H,29,33). The molecule has 2 aromatic heterocycles. The molecule has 35 heavy (non-hydrogen) atoms. The van der Waals surface area contributed by atoms with E-state index in [2.05, 4.69) is 65.6 Å². The molecule has 0 atom stereocenters. The van der Waals surface area contributed by atoms with Gasteiger partial charge in [-0.15, -0.1) is 28.1 Å². The Morgan fingerprint density at radius 3 is 2.54 bits per heavy atom. The van der Waals surface area contributed by atoms with Crippen LogP contribution in [0.2, 0.25) is 15.1 Å². The van der Waals surface area contributed by atoms with Crippen molar-refractivity contribution in [1.82, 2.24) is 14.8 Å². The summed E-state index contributed by atoms with van der Waals surface area (Å²) in [6.07, 6.45) is 1.79. The molecule has 0 saturated heterocycles. The highest BCUT2D eigenvalue weighted by atomic mass is 35.5. The van der Waals surface area contributed by atoms with Crippen molar-refractivity contribution in [3.05, 3.63) is 79.9 Å². The Kier molecular flexibility index (Phi) is 8.24. The maximum absolute atomic E-state index is 12.6. The minimum absolute atomic E-state index is 0.110. The number of aryl methyl sites for hydroxylation is 2. The number of thiophene rings is 1. The fourth-order valence-electron chi connectivity index (χ4n) is 3.52. The van der Waals surface area contributed by atoms with E-state index < -0.39 is 0 Å². The first-order chi connectivity index (χ1) is 16.8. The number of hydrogen-bond acceptors (Lipinski definition) is 5. The first-order valence-corrected chi connectivity index (χ1v) is 13.5. The molecule has 0 unspecified atom stereocenters. The van der Waals surface area contributed by atoms with Gasteiger partial charge in [-0.2, -0.15) is 0 Å². The summed E-state index contributed by atoms with van der Waals surface area (Å²) in [7, 11) is 0. The van der Waals surface area contributed by atoms with Crippen LogP contribution in [0.4, 0.5) is 5.69 Å². The number of halogens is 3. The molecule has 0 aliphatic rings. The van der Waals surface area contributed by atoms with Crippen molar-refractivity contribution in [2.75, 3.05) is 11.1 Å². The molecule has 0 saturated carbocycles. The minimum Gasteiger partial charge on any atom is -0.324 e. The number of nitrogens with zero attached hydrogens (tertiary/aromatic N) is 3. The summed E-state index contributed by atoms with van der Waals surface area (Å²) < 4.78 is 1.97. The number of thioether (sulfide) groups is 1. The molecule has 0 spiro atoms. The zero-order valence-corrected chi connectivity index (χ0v) is 22.8. The number of nitrogens with one attached hydrogen (secondary N) is 1. The van der Waals surface area contributed by atoms with Gasteiger partial charge >= 0.3 is 0 Å². The van der Waals surface area contributed by atoms with E-state index in [1.165, 1.54) is 34.3 Å². The van der Waals surface area contributed by atoms with Crippen molar-refractivity contribution < 1.29 is 4.79 Å². The topological polar surface area (TPSA) is 59.8 Å². The number of carbonyl (C=O) groups excluding carboxylic acids is 1. The van der Waals surface area contributed by atoms with Gasteiger partial charge in [0.05, 0.1) is 26.5 Å². The summed E-state index contributed by atoms with van der Waals surface area (Å²) in [6, 6.07) is 11.5. The molecule has 1 N–H and O–H groups in total. The van der Waals surface area contributed by atoms with E-state index in [1.54, 1.807) is 17.4 Å². The highest BCUT2D eigenvalue weighted by Crippen LogP contribution is 2.39. The Morgan fingerprint density at radius 1 is 1.11 bits per heavy atom. The van der Waals surface area contributed by atoms with Crippen molar-refractivity contribution in [2.45, 2.75) is 25.5 Å². The summed E-state index contributed by atoms with van der Waals surface area (Å²) in [5.41, 5.74) is 4.87. The Balaban J connectivity index is 1.58. The molecule has 2 heterocycles. The zero-order chi connectivity index (χ0) is 25.1. The molecule has 180 valence electrons. The third kappa shape index (κ3) is 5.76. The Labute approximate surface area is 227 Å². The van der Waals surface area contributed by atoms with Crippen LogP contribution in [0.25, 0.3) is 22.5 Å². The molecule has 0 fully saturated rings. The second-order valence-electron chi connectivity index (χ2n) is 7.74. The normalized spacial score (nSPS) is 11.0. The summed E-state index contributed by atoms with van der Waals surface area (Å²) >= 11 is 21.1. The molecule has 0 radical (unpaired) electrons. The van der Waals surface area contributed by atoms with Gasteiger partial charge in [-0.3, -0.25) is 9.36 Å². The van der Waals surface area contributed by atoms with Crippen LogP contribution in [0.5, 0.6) is 0 Å². The molecule has 4 aromatic rings. The maximum Gasteiger partial charge on any atom is 0.234 e. The number of aromatic nitrogens is 3. The van der Waals surface area contributed by atoms with Gasteiger partial charge < -0.3 is 5.32 Å². The number of hydrogen-bond donors (Lipinski definition) is 1. The van der Waals surface area contributed by atoms with Crippen LogP contribution in [0.15, 0.2) is 59.6 Å². The number of carbonyl (C=O) groups is 1. The van der Waals surface area contributed by atoms with E-state index in [-0.39, 0.29) is 11.7 Å². The van der Waals surface area contributed by atoms with E-state index in [4.69, 9.17) is 34.8 Å². The van der Waals surface area contributed by atoms with E-state index in [1.807, 2.05) is 4.57 Å². The predicted octanol–water partition coefficient (Wildman–Crippen LogP) is 8.17. The Bertz CT molecular complexity index is 1400. The quantitative estimate of drug-likeness (QED) is 0.133. The van der Waals surface area contributed by atoms with Crippen LogP contribution in [0.1, 0.15) is 10.4 Å². The van der Waals surface area contributed by atoms with Crippen LogP contribution >= 0.6 is 57.9 Å². The molecule has 5 nitrogen and oxygen atoms in total. The average molecular weight is 564 g/mol. The summed E-state index contributed by atoms with van der Waals surface area (Å²) in [5.74, 6) is 0.594. The highest BCUT2D eigenvalue weighted by molar-refractivity contribution is 7.99. The van der Waals surface area contributed by atoms with Gasteiger partial charge in [0.1, 0.15) is 0 Å². The van der Waals surface area contributed by atoms with Gasteiger partial charge in [-0.05, 0) is 31.5 Å². The lowest BCUT2D eigenvalue weighted by Crippen LogP contribution is -2.15. The van der Waals surface area contributed by atoms with Gasteiger partial charge in [0.15, 0.2) is 11.0 Å². The van der Waals surface area contributed by atoms with E-state index in [9.17, 15) is 4.79 Å². The second kappa shape index (κ2) is 11.2. The number of anilines is 1. The van der Waals surface area contributed by atoms with Gasteiger partial charge in [0.2, 0.25) is 5.91 Å². The monoisotopic (exact) mass is 562 g/mol. The Hall–Kier alpha value is -2.29. The number of benzene rings is 2. The molecule has 1 amide bonds. The fourth-order valence-corrected chi connectivity index (χ4v) is 5.73. The molecule has 0 aliphatic heterocycles. The lowest BCUT2D eigenvalue weighted by Gasteiger charge is -2.11. The Morgan fingerprint density at radius 2 is 1.83 bits per heavy atom. The summed E-state index contributed by atoms with van der Waals surface area (Å²) in [4.78, 5) is 13.8. The average Bonchev–Trinajstić information content (AvgIpc) is 3.40. The van der Waals surface area contributed by atoms with E-state index in [0.717, 1.165) is 22.5 Å². The van der Waals surface area contributed by atoms with Gasteiger partial charge in [-0.1, -0.05) is 82.5 Å². The SMILES string of the molecule is C=CCn1c(SCC(=O)Nc2cc(Cl)c(Cl)cc2Cl)nnc1-c1csc(C)c1-c1ccc(C)cc1. The zero-order valence-electron chi connectivity index (χ0n) is 18.9. The maximum atomic E-state index is 12.6. The molecule has 10 heteroatoms. The molecular weight excluding hydrogens is 543 g/mol. The van der Waals surface area contributed by atoms with Crippen LogP contribution in [-0.4, -0.2) is 26.4 Å².